The summed E-state index contributed by atoms with van der Waals surface area (Å²) in [5.74, 6) is 0.782. The summed E-state index contributed by atoms with van der Waals surface area (Å²) in [6, 6.07) is 4.06. The molecule has 6 heteroatoms. The van der Waals surface area contributed by atoms with Gasteiger partial charge in [0.05, 0.1) is 12.2 Å². The fourth-order valence-corrected chi connectivity index (χ4v) is 2.79. The smallest absolute Gasteiger partial charge is 0.153 e. The lowest BCUT2D eigenvalue weighted by Crippen LogP contribution is -2.10. The zero-order chi connectivity index (χ0) is 15.0. The van der Waals surface area contributed by atoms with Crippen molar-refractivity contribution in [2.75, 3.05) is 5.32 Å². The molecule has 0 saturated heterocycles. The van der Waals surface area contributed by atoms with Gasteiger partial charge in [0.1, 0.15) is 5.52 Å². The molecule has 0 aliphatic carbocycles. The fourth-order valence-electron chi connectivity index (χ4n) is 2.37. The second-order valence-electron chi connectivity index (χ2n) is 5.03. The average molecular weight is 346 g/mol. The molecule has 0 fully saturated rings. The lowest BCUT2D eigenvalue weighted by Gasteiger charge is -2.15. The minimum Gasteiger partial charge on any atom is -0.362 e. The Bertz CT molecular complexity index is 796. The molecule has 5 nitrogen and oxygen atoms in total. The van der Waals surface area contributed by atoms with Crippen molar-refractivity contribution in [3.63, 3.8) is 0 Å². The van der Waals surface area contributed by atoms with Crippen LogP contribution in [0.15, 0.2) is 35.2 Å². The van der Waals surface area contributed by atoms with Crippen LogP contribution in [0.4, 0.5) is 5.82 Å². The first kappa shape index (κ1) is 14.0. The lowest BCUT2D eigenvalue weighted by atomic mass is 10.1. The molecule has 3 aromatic heterocycles. The molecule has 1 N–H and O–H groups in total. The Morgan fingerprint density at radius 2 is 2.10 bits per heavy atom. The zero-order valence-corrected chi connectivity index (χ0v) is 13.7. The van der Waals surface area contributed by atoms with E-state index in [0.29, 0.717) is 0 Å². The minimum atomic E-state index is 0.109. The molecule has 0 radical (unpaired) electrons. The van der Waals surface area contributed by atoms with E-state index in [1.165, 1.54) is 0 Å². The van der Waals surface area contributed by atoms with Crippen LogP contribution in [0.2, 0.25) is 0 Å². The van der Waals surface area contributed by atoms with Crippen molar-refractivity contribution in [1.82, 2.24) is 19.7 Å². The molecule has 0 aliphatic rings. The Balaban J connectivity index is 1.99. The van der Waals surface area contributed by atoms with Crippen LogP contribution < -0.4 is 5.32 Å². The van der Waals surface area contributed by atoms with Gasteiger partial charge in [-0.3, -0.25) is 9.67 Å². The third-order valence-corrected chi connectivity index (χ3v) is 4.32. The molecule has 3 heterocycles. The number of fused-ring (bicyclic) bond motifs is 1. The summed E-state index contributed by atoms with van der Waals surface area (Å²) in [5, 5.41) is 8.77. The van der Waals surface area contributed by atoms with Gasteiger partial charge < -0.3 is 5.32 Å². The van der Waals surface area contributed by atoms with Crippen molar-refractivity contribution in [3.05, 3.63) is 46.5 Å². The molecular formula is C15H16BrN5. The summed E-state index contributed by atoms with van der Waals surface area (Å²) >= 11 is 3.51. The van der Waals surface area contributed by atoms with Crippen LogP contribution >= 0.6 is 15.9 Å². The van der Waals surface area contributed by atoms with E-state index in [2.05, 4.69) is 50.2 Å². The molecule has 0 spiro atoms. The second kappa shape index (κ2) is 5.44. The van der Waals surface area contributed by atoms with Gasteiger partial charge in [-0.1, -0.05) is 0 Å². The number of aryl methyl sites for hydroxylation is 1. The molecule has 0 amide bonds. The van der Waals surface area contributed by atoms with Gasteiger partial charge in [0.2, 0.25) is 0 Å². The van der Waals surface area contributed by atoms with E-state index >= 15 is 0 Å². The van der Waals surface area contributed by atoms with Crippen LogP contribution in [0.25, 0.3) is 10.9 Å². The average Bonchev–Trinajstić information content (AvgIpc) is 2.82. The van der Waals surface area contributed by atoms with Gasteiger partial charge in [0.15, 0.2) is 5.82 Å². The number of nitrogens with one attached hydrogen (secondary N) is 1. The van der Waals surface area contributed by atoms with Crippen molar-refractivity contribution in [1.29, 1.82) is 0 Å². The van der Waals surface area contributed by atoms with E-state index in [1.54, 1.807) is 12.4 Å². The van der Waals surface area contributed by atoms with E-state index in [9.17, 15) is 0 Å². The van der Waals surface area contributed by atoms with Gasteiger partial charge in [0, 0.05) is 40.6 Å². The van der Waals surface area contributed by atoms with Crippen molar-refractivity contribution in [3.8, 4) is 0 Å². The summed E-state index contributed by atoms with van der Waals surface area (Å²) in [6.45, 7) is 4.16. The maximum Gasteiger partial charge on any atom is 0.153 e. The van der Waals surface area contributed by atoms with Crippen LogP contribution in [-0.4, -0.2) is 19.7 Å². The quantitative estimate of drug-likeness (QED) is 0.787. The largest absolute Gasteiger partial charge is 0.362 e. The number of rotatable bonds is 3. The first-order valence-electron chi connectivity index (χ1n) is 6.72. The highest BCUT2D eigenvalue weighted by Gasteiger charge is 2.14. The standard InChI is InChI=1S/C15H16BrN5/c1-9(12-7-19-21(3)10(12)2)20-15-14-11(5-4-6-17-14)13(16)8-18-15/h4-9H,1-3H3,(H,18,20). The predicted octanol–water partition coefficient (Wildman–Crippen LogP) is 3.61. The SMILES string of the molecule is Cc1c(C(C)Nc2ncc(Br)c3cccnc23)cnn1C. The zero-order valence-electron chi connectivity index (χ0n) is 12.1. The topological polar surface area (TPSA) is 55.6 Å². The molecule has 3 rings (SSSR count). The van der Waals surface area contributed by atoms with E-state index in [1.807, 2.05) is 30.1 Å². The molecule has 0 aliphatic heterocycles. The first-order valence-corrected chi connectivity index (χ1v) is 7.51. The molecule has 3 aromatic rings. The summed E-state index contributed by atoms with van der Waals surface area (Å²) in [5.41, 5.74) is 3.16. The molecule has 1 atom stereocenters. The van der Waals surface area contributed by atoms with Crippen LogP contribution in [0, 0.1) is 6.92 Å². The van der Waals surface area contributed by atoms with E-state index in [4.69, 9.17) is 0 Å². The lowest BCUT2D eigenvalue weighted by molar-refractivity contribution is 0.734. The Kier molecular flexibility index (Phi) is 3.63. The monoisotopic (exact) mass is 345 g/mol. The Labute approximate surface area is 131 Å². The van der Waals surface area contributed by atoms with Gasteiger partial charge >= 0.3 is 0 Å². The summed E-state index contributed by atoms with van der Waals surface area (Å²) < 4.78 is 2.82. The summed E-state index contributed by atoms with van der Waals surface area (Å²) in [7, 11) is 1.94. The van der Waals surface area contributed by atoms with Crippen molar-refractivity contribution in [2.24, 2.45) is 7.05 Å². The van der Waals surface area contributed by atoms with Gasteiger partial charge in [-0.25, -0.2) is 4.98 Å². The molecular weight excluding hydrogens is 330 g/mol. The van der Waals surface area contributed by atoms with Crippen LogP contribution in [0.3, 0.4) is 0 Å². The Morgan fingerprint density at radius 3 is 2.81 bits per heavy atom. The van der Waals surface area contributed by atoms with Crippen molar-refractivity contribution < 1.29 is 0 Å². The van der Waals surface area contributed by atoms with E-state index < -0.39 is 0 Å². The number of hydrogen-bond donors (Lipinski definition) is 1. The normalized spacial score (nSPS) is 12.6. The predicted molar refractivity (Wildman–Crippen MR) is 87.2 cm³/mol. The second-order valence-corrected chi connectivity index (χ2v) is 5.88. The maximum atomic E-state index is 4.46. The van der Waals surface area contributed by atoms with Gasteiger partial charge in [-0.15, -0.1) is 0 Å². The number of anilines is 1. The highest BCUT2D eigenvalue weighted by molar-refractivity contribution is 9.10. The summed E-state index contributed by atoms with van der Waals surface area (Å²) in [4.78, 5) is 8.90. The highest BCUT2D eigenvalue weighted by Crippen LogP contribution is 2.28. The van der Waals surface area contributed by atoms with E-state index in [-0.39, 0.29) is 6.04 Å². The summed E-state index contributed by atoms with van der Waals surface area (Å²) in [6.07, 6.45) is 5.47. The number of nitrogens with zero attached hydrogens (tertiary/aromatic N) is 4. The molecule has 0 bridgehead atoms. The van der Waals surface area contributed by atoms with Gasteiger partial charge in [0.25, 0.3) is 0 Å². The van der Waals surface area contributed by atoms with Crippen molar-refractivity contribution in [2.45, 2.75) is 19.9 Å². The number of aromatic nitrogens is 4. The third kappa shape index (κ3) is 2.51. The minimum absolute atomic E-state index is 0.109. The molecule has 0 aromatic carbocycles. The van der Waals surface area contributed by atoms with Crippen LogP contribution in [0.1, 0.15) is 24.2 Å². The molecule has 1 unspecified atom stereocenters. The van der Waals surface area contributed by atoms with Crippen LogP contribution in [0.5, 0.6) is 0 Å². The number of pyridine rings is 2. The Hall–Kier alpha value is -1.95. The molecule has 21 heavy (non-hydrogen) atoms. The number of hydrogen-bond acceptors (Lipinski definition) is 4. The Morgan fingerprint density at radius 1 is 1.29 bits per heavy atom. The molecule has 0 saturated carbocycles. The maximum absolute atomic E-state index is 4.46. The van der Waals surface area contributed by atoms with Crippen molar-refractivity contribution >= 4 is 32.7 Å². The van der Waals surface area contributed by atoms with Gasteiger partial charge in [-0.05, 0) is 41.9 Å². The fraction of sp³-hybridized carbons (Fsp3) is 0.267. The highest BCUT2D eigenvalue weighted by atomic mass is 79.9. The third-order valence-electron chi connectivity index (χ3n) is 3.69. The van der Waals surface area contributed by atoms with E-state index in [0.717, 1.165) is 32.5 Å². The van der Waals surface area contributed by atoms with Gasteiger partial charge in [-0.2, -0.15) is 5.10 Å². The van der Waals surface area contributed by atoms with Crippen LogP contribution in [-0.2, 0) is 7.05 Å². The number of halogens is 1. The molecule has 108 valence electrons. The first-order chi connectivity index (χ1) is 10.1.